The van der Waals surface area contributed by atoms with E-state index >= 15 is 0 Å². The van der Waals surface area contributed by atoms with Crippen LogP contribution in [0.15, 0.2) is 0 Å². The van der Waals surface area contributed by atoms with Gasteiger partial charge in [0.25, 0.3) is 0 Å². The molecule has 0 heterocycles. The summed E-state index contributed by atoms with van der Waals surface area (Å²) in [6.07, 6.45) is 0.655. The quantitative estimate of drug-likeness (QED) is 0.425. The summed E-state index contributed by atoms with van der Waals surface area (Å²) in [5, 5.41) is 8.90. The molecule has 0 saturated carbocycles. The van der Waals surface area contributed by atoms with Crippen molar-refractivity contribution in [1.82, 2.24) is 0 Å². The lowest BCUT2D eigenvalue weighted by Crippen LogP contribution is -3.10. The van der Waals surface area contributed by atoms with Crippen molar-refractivity contribution >= 4 is 0 Å². The van der Waals surface area contributed by atoms with Crippen LogP contribution >= 0.6 is 0 Å². The first-order valence-electron chi connectivity index (χ1n) is 2.66. The van der Waals surface area contributed by atoms with Gasteiger partial charge in [-0.15, -0.1) is 0 Å². The van der Waals surface area contributed by atoms with Crippen molar-refractivity contribution in [2.75, 3.05) is 14.1 Å². The van der Waals surface area contributed by atoms with Gasteiger partial charge in [0.1, 0.15) is 0 Å². The number of hydrogen-bond acceptors (Lipinski definition) is 1. The topological polar surface area (TPSA) is 24.7 Å². The monoisotopic (exact) mass is 104 g/mol. The number of quaternary nitrogens is 1. The fourth-order valence-electron chi connectivity index (χ4n) is 0.408. The van der Waals surface area contributed by atoms with E-state index in [1.54, 1.807) is 0 Å². The van der Waals surface area contributed by atoms with Crippen molar-refractivity contribution in [2.45, 2.75) is 19.6 Å². The van der Waals surface area contributed by atoms with Crippen LogP contribution < -0.4 is 4.90 Å². The molecule has 0 saturated heterocycles. The predicted molar refractivity (Wildman–Crippen MR) is 29.1 cm³/mol. The van der Waals surface area contributed by atoms with E-state index < -0.39 is 0 Å². The minimum absolute atomic E-state index is 0.181. The van der Waals surface area contributed by atoms with Crippen LogP contribution in [0, 0.1) is 0 Å². The van der Waals surface area contributed by atoms with Crippen molar-refractivity contribution < 1.29 is 10.0 Å². The summed E-state index contributed by atoms with van der Waals surface area (Å²) in [4.78, 5) is 1.10. The highest BCUT2D eigenvalue weighted by Crippen LogP contribution is 1.73. The minimum Gasteiger partial charge on any atom is -0.345 e. The number of aliphatic hydroxyl groups excluding tert-OH is 1. The van der Waals surface area contributed by atoms with E-state index in [0.29, 0.717) is 0 Å². The van der Waals surface area contributed by atoms with Gasteiger partial charge < -0.3 is 10.0 Å². The van der Waals surface area contributed by atoms with E-state index in [-0.39, 0.29) is 6.23 Å². The Morgan fingerprint density at radius 2 is 2.00 bits per heavy atom. The molecule has 2 nitrogen and oxygen atoms in total. The average Bonchev–Trinajstić information content (AvgIpc) is 1.65. The molecule has 0 fully saturated rings. The highest BCUT2D eigenvalue weighted by atomic mass is 16.3. The fraction of sp³-hybridized carbons (Fsp3) is 1.00. The molecular formula is C5H14NO+. The smallest absolute Gasteiger partial charge is 0.188 e. The van der Waals surface area contributed by atoms with Gasteiger partial charge in [0.05, 0.1) is 14.1 Å². The van der Waals surface area contributed by atoms with Gasteiger partial charge in [0, 0.05) is 6.42 Å². The summed E-state index contributed by atoms with van der Waals surface area (Å²) in [5.41, 5.74) is 0. The van der Waals surface area contributed by atoms with Crippen molar-refractivity contribution in [3.63, 3.8) is 0 Å². The van der Waals surface area contributed by atoms with Crippen LogP contribution in [0.1, 0.15) is 13.3 Å². The Bertz CT molecular complexity index is 45.3. The van der Waals surface area contributed by atoms with Gasteiger partial charge in [0.2, 0.25) is 0 Å². The highest BCUT2D eigenvalue weighted by Gasteiger charge is 2.03. The van der Waals surface area contributed by atoms with Crippen LogP contribution in [-0.4, -0.2) is 25.4 Å². The molecular weight excluding hydrogens is 90.1 g/mol. The third kappa shape index (κ3) is 2.60. The van der Waals surface area contributed by atoms with Gasteiger partial charge in [-0.2, -0.15) is 0 Å². The molecule has 0 aromatic heterocycles. The Morgan fingerprint density at radius 3 is 2.00 bits per heavy atom. The molecule has 0 rings (SSSR count). The normalized spacial score (nSPS) is 15.0. The lowest BCUT2D eigenvalue weighted by atomic mass is 10.4. The predicted octanol–water partition coefficient (Wildman–Crippen LogP) is -1.14. The van der Waals surface area contributed by atoms with Crippen LogP contribution in [0.25, 0.3) is 0 Å². The largest absolute Gasteiger partial charge is 0.345 e. The molecule has 0 spiro atoms. The molecule has 0 aliphatic heterocycles. The second-order valence-electron chi connectivity index (χ2n) is 2.00. The highest BCUT2D eigenvalue weighted by molar-refractivity contribution is 4.24. The summed E-state index contributed by atoms with van der Waals surface area (Å²) in [7, 11) is 3.88. The number of rotatable bonds is 2. The molecule has 0 aromatic rings. The number of hydrogen-bond donors (Lipinski definition) is 2. The Balaban J connectivity index is 3.14. The molecule has 0 aliphatic carbocycles. The van der Waals surface area contributed by atoms with Crippen LogP contribution in [0.4, 0.5) is 0 Å². The molecule has 0 amide bonds. The van der Waals surface area contributed by atoms with Gasteiger partial charge in [-0.05, 0) is 0 Å². The molecule has 1 atom stereocenters. The summed E-state index contributed by atoms with van der Waals surface area (Å²) in [6.45, 7) is 1.97. The Labute approximate surface area is 44.8 Å². The maximum atomic E-state index is 8.90. The first-order valence-corrected chi connectivity index (χ1v) is 2.66. The fourth-order valence-corrected chi connectivity index (χ4v) is 0.408. The number of nitrogens with one attached hydrogen (secondary N) is 1. The zero-order valence-electron chi connectivity index (χ0n) is 5.23. The average molecular weight is 104 g/mol. The summed E-state index contributed by atoms with van der Waals surface area (Å²) < 4.78 is 0. The van der Waals surface area contributed by atoms with Gasteiger partial charge >= 0.3 is 0 Å². The molecule has 44 valence electrons. The van der Waals surface area contributed by atoms with Gasteiger partial charge in [0.15, 0.2) is 6.23 Å². The van der Waals surface area contributed by atoms with E-state index in [9.17, 15) is 0 Å². The lowest BCUT2D eigenvalue weighted by molar-refractivity contribution is -0.910. The molecule has 2 heteroatoms. The van der Waals surface area contributed by atoms with E-state index in [2.05, 4.69) is 0 Å². The second-order valence-corrected chi connectivity index (χ2v) is 2.00. The van der Waals surface area contributed by atoms with Gasteiger partial charge in [-0.3, -0.25) is 0 Å². The van der Waals surface area contributed by atoms with E-state index in [4.69, 9.17) is 5.11 Å². The Morgan fingerprint density at radius 1 is 1.57 bits per heavy atom. The molecule has 0 aliphatic rings. The van der Waals surface area contributed by atoms with Gasteiger partial charge in [-0.25, -0.2) is 0 Å². The van der Waals surface area contributed by atoms with E-state index in [1.807, 2.05) is 21.0 Å². The number of aliphatic hydroxyl groups is 1. The minimum atomic E-state index is -0.181. The van der Waals surface area contributed by atoms with Crippen molar-refractivity contribution in [2.24, 2.45) is 0 Å². The Hall–Kier alpha value is -0.0800. The maximum absolute atomic E-state index is 8.90. The van der Waals surface area contributed by atoms with E-state index in [0.717, 1.165) is 11.3 Å². The van der Waals surface area contributed by atoms with Gasteiger partial charge in [-0.1, -0.05) is 6.92 Å². The Kier molecular flexibility index (Phi) is 2.96. The lowest BCUT2D eigenvalue weighted by Gasteiger charge is -2.11. The van der Waals surface area contributed by atoms with Crippen LogP contribution in [-0.2, 0) is 0 Å². The maximum Gasteiger partial charge on any atom is 0.188 e. The van der Waals surface area contributed by atoms with Crippen LogP contribution in [0.3, 0.4) is 0 Å². The molecule has 2 N–H and O–H groups in total. The summed E-state index contributed by atoms with van der Waals surface area (Å²) in [6, 6.07) is 0. The molecule has 1 unspecified atom stereocenters. The summed E-state index contributed by atoms with van der Waals surface area (Å²) >= 11 is 0. The third-order valence-corrected chi connectivity index (χ3v) is 1.05. The molecule has 7 heavy (non-hydrogen) atoms. The first-order chi connectivity index (χ1) is 3.18. The van der Waals surface area contributed by atoms with E-state index in [1.165, 1.54) is 0 Å². The molecule has 0 aromatic carbocycles. The van der Waals surface area contributed by atoms with Crippen molar-refractivity contribution in [3.05, 3.63) is 0 Å². The summed E-state index contributed by atoms with van der Waals surface area (Å²) in [5.74, 6) is 0. The second kappa shape index (κ2) is 2.99. The molecule has 0 radical (unpaired) electrons. The standard InChI is InChI=1S/C5H13NO/c1-4-5(7)6(2)3/h5,7H,4H2,1-3H3/p+1. The third-order valence-electron chi connectivity index (χ3n) is 1.05. The van der Waals surface area contributed by atoms with Crippen LogP contribution in [0.2, 0.25) is 0 Å². The first kappa shape index (κ1) is 6.92. The molecule has 0 bridgehead atoms. The zero-order valence-corrected chi connectivity index (χ0v) is 5.23. The van der Waals surface area contributed by atoms with Crippen molar-refractivity contribution in [1.29, 1.82) is 0 Å². The SMILES string of the molecule is CCC(O)[NH+](C)C. The zero-order chi connectivity index (χ0) is 5.86. The van der Waals surface area contributed by atoms with Crippen LogP contribution in [0.5, 0.6) is 0 Å². The van der Waals surface area contributed by atoms with Crippen molar-refractivity contribution in [3.8, 4) is 0 Å².